The van der Waals surface area contributed by atoms with E-state index in [4.69, 9.17) is 5.26 Å². The molecule has 1 aromatic carbocycles. The third-order valence-electron chi connectivity index (χ3n) is 3.56. The molecule has 5 heteroatoms. The molecule has 106 valence electrons. The summed E-state index contributed by atoms with van der Waals surface area (Å²) < 4.78 is 0. The second-order valence-electron chi connectivity index (χ2n) is 5.01. The number of thioether (sulfide) groups is 1. The SMILES string of the molecule is CS[C@H]1CC[C@H](NC(=O)NCc2cccc(C#N)c2)C1. The standard InChI is InChI=1S/C15H19N3OS/c1-20-14-6-5-13(8-14)18-15(19)17-10-12-4-2-3-11(7-12)9-16/h2-4,7,13-14H,5-6,8,10H2,1H3,(H2,17,18,19)/t13-,14-/m0/s1. The topological polar surface area (TPSA) is 64.9 Å². The smallest absolute Gasteiger partial charge is 0.315 e. The van der Waals surface area contributed by atoms with Crippen molar-refractivity contribution < 1.29 is 4.79 Å². The van der Waals surface area contributed by atoms with Crippen LogP contribution in [0.1, 0.15) is 30.4 Å². The summed E-state index contributed by atoms with van der Waals surface area (Å²) in [6, 6.07) is 9.53. The van der Waals surface area contributed by atoms with Gasteiger partial charge >= 0.3 is 6.03 Å². The van der Waals surface area contributed by atoms with E-state index in [9.17, 15) is 4.79 Å². The first kappa shape index (κ1) is 14.7. The van der Waals surface area contributed by atoms with Crippen molar-refractivity contribution in [3.63, 3.8) is 0 Å². The van der Waals surface area contributed by atoms with Crippen LogP contribution in [0.2, 0.25) is 0 Å². The molecule has 0 aromatic heterocycles. The van der Waals surface area contributed by atoms with Gasteiger partial charge in [-0.2, -0.15) is 17.0 Å². The molecule has 2 N–H and O–H groups in total. The fraction of sp³-hybridized carbons (Fsp3) is 0.467. The van der Waals surface area contributed by atoms with E-state index >= 15 is 0 Å². The molecule has 1 aliphatic carbocycles. The first-order chi connectivity index (χ1) is 9.71. The lowest BCUT2D eigenvalue weighted by atomic mass is 10.1. The van der Waals surface area contributed by atoms with Gasteiger partial charge in [-0.15, -0.1) is 0 Å². The maximum absolute atomic E-state index is 11.8. The Kier molecular flexibility index (Phi) is 5.31. The van der Waals surface area contributed by atoms with E-state index in [1.807, 2.05) is 23.9 Å². The molecule has 4 nitrogen and oxygen atoms in total. The first-order valence-electron chi connectivity index (χ1n) is 6.77. The highest BCUT2D eigenvalue weighted by atomic mass is 32.2. The molecule has 0 spiro atoms. The average molecular weight is 289 g/mol. The van der Waals surface area contributed by atoms with Gasteiger partial charge in [0.2, 0.25) is 0 Å². The average Bonchev–Trinajstić information content (AvgIpc) is 2.93. The van der Waals surface area contributed by atoms with Crippen molar-refractivity contribution in [1.29, 1.82) is 5.26 Å². The van der Waals surface area contributed by atoms with Gasteiger partial charge in [0, 0.05) is 17.8 Å². The minimum absolute atomic E-state index is 0.126. The number of nitrogens with one attached hydrogen (secondary N) is 2. The van der Waals surface area contributed by atoms with E-state index < -0.39 is 0 Å². The van der Waals surface area contributed by atoms with Crippen LogP contribution in [0, 0.1) is 11.3 Å². The number of hydrogen-bond donors (Lipinski definition) is 2. The zero-order valence-electron chi connectivity index (χ0n) is 11.6. The summed E-state index contributed by atoms with van der Waals surface area (Å²) in [5.74, 6) is 0. The van der Waals surface area contributed by atoms with Gasteiger partial charge in [0.05, 0.1) is 11.6 Å². The van der Waals surface area contributed by atoms with Crippen molar-refractivity contribution in [3.05, 3.63) is 35.4 Å². The minimum atomic E-state index is -0.126. The predicted octanol–water partition coefficient (Wildman–Crippen LogP) is 2.64. The van der Waals surface area contributed by atoms with E-state index in [-0.39, 0.29) is 12.1 Å². The predicted molar refractivity (Wildman–Crippen MR) is 81.5 cm³/mol. The lowest BCUT2D eigenvalue weighted by molar-refractivity contribution is 0.236. The Labute approximate surface area is 123 Å². The normalized spacial score (nSPS) is 21.2. The third-order valence-corrected chi connectivity index (χ3v) is 4.66. The molecule has 2 amide bonds. The van der Waals surface area contributed by atoms with Crippen LogP contribution in [0.5, 0.6) is 0 Å². The molecular weight excluding hydrogens is 270 g/mol. The van der Waals surface area contributed by atoms with E-state index in [1.165, 1.54) is 6.42 Å². The van der Waals surface area contributed by atoms with Crippen LogP contribution in [0.25, 0.3) is 0 Å². The van der Waals surface area contributed by atoms with Crippen LogP contribution in [-0.2, 0) is 6.54 Å². The van der Waals surface area contributed by atoms with E-state index in [0.29, 0.717) is 17.4 Å². The van der Waals surface area contributed by atoms with Gasteiger partial charge < -0.3 is 10.6 Å². The number of rotatable bonds is 4. The molecule has 20 heavy (non-hydrogen) atoms. The van der Waals surface area contributed by atoms with Crippen molar-refractivity contribution in [2.45, 2.75) is 37.1 Å². The van der Waals surface area contributed by atoms with E-state index in [2.05, 4.69) is 23.0 Å². The molecular formula is C15H19N3OS. The Morgan fingerprint density at radius 1 is 1.50 bits per heavy atom. The van der Waals surface area contributed by atoms with Crippen LogP contribution in [-0.4, -0.2) is 23.6 Å². The highest BCUT2D eigenvalue weighted by Gasteiger charge is 2.24. The molecule has 0 bridgehead atoms. The molecule has 0 heterocycles. The largest absolute Gasteiger partial charge is 0.335 e. The van der Waals surface area contributed by atoms with Crippen LogP contribution < -0.4 is 10.6 Å². The van der Waals surface area contributed by atoms with Crippen molar-refractivity contribution in [3.8, 4) is 6.07 Å². The second kappa shape index (κ2) is 7.20. The van der Waals surface area contributed by atoms with Gasteiger partial charge in [0.25, 0.3) is 0 Å². The molecule has 1 aliphatic rings. The van der Waals surface area contributed by atoms with Gasteiger partial charge in [0.15, 0.2) is 0 Å². The molecule has 1 fully saturated rings. The van der Waals surface area contributed by atoms with Gasteiger partial charge in [-0.3, -0.25) is 0 Å². The monoisotopic (exact) mass is 289 g/mol. The van der Waals surface area contributed by atoms with Crippen molar-refractivity contribution in [2.75, 3.05) is 6.26 Å². The zero-order chi connectivity index (χ0) is 14.4. The van der Waals surface area contributed by atoms with E-state index in [0.717, 1.165) is 18.4 Å². The summed E-state index contributed by atoms with van der Waals surface area (Å²) in [4.78, 5) is 11.8. The summed E-state index contributed by atoms with van der Waals surface area (Å²) >= 11 is 1.88. The van der Waals surface area contributed by atoms with Gasteiger partial charge in [-0.25, -0.2) is 4.79 Å². The Balaban J connectivity index is 1.76. The van der Waals surface area contributed by atoms with E-state index in [1.54, 1.807) is 12.1 Å². The van der Waals surface area contributed by atoms with Crippen LogP contribution >= 0.6 is 11.8 Å². The number of benzene rings is 1. The summed E-state index contributed by atoms with van der Waals surface area (Å²) in [6.45, 7) is 0.444. The number of hydrogen-bond acceptors (Lipinski definition) is 3. The number of carbonyl (C=O) groups excluding carboxylic acids is 1. The minimum Gasteiger partial charge on any atom is -0.335 e. The Hall–Kier alpha value is -1.67. The van der Waals surface area contributed by atoms with Gasteiger partial charge in [-0.05, 0) is 43.2 Å². The Morgan fingerprint density at radius 3 is 3.05 bits per heavy atom. The maximum atomic E-state index is 11.8. The van der Waals surface area contributed by atoms with Crippen LogP contribution in [0.4, 0.5) is 4.79 Å². The second-order valence-corrected chi connectivity index (χ2v) is 6.14. The summed E-state index contributed by atoms with van der Waals surface area (Å²) in [5.41, 5.74) is 1.55. The quantitative estimate of drug-likeness (QED) is 0.895. The highest BCUT2D eigenvalue weighted by Crippen LogP contribution is 2.27. The van der Waals surface area contributed by atoms with Crippen molar-refractivity contribution in [1.82, 2.24) is 10.6 Å². The van der Waals surface area contributed by atoms with Crippen LogP contribution in [0.15, 0.2) is 24.3 Å². The summed E-state index contributed by atoms with van der Waals surface area (Å²) in [7, 11) is 0. The third kappa shape index (κ3) is 4.17. The molecule has 0 unspecified atom stereocenters. The molecule has 2 rings (SSSR count). The van der Waals surface area contributed by atoms with Crippen molar-refractivity contribution in [2.24, 2.45) is 0 Å². The molecule has 0 saturated heterocycles. The fourth-order valence-corrected chi connectivity index (χ4v) is 3.25. The number of nitrogens with zero attached hydrogens (tertiary/aromatic N) is 1. The summed E-state index contributed by atoms with van der Waals surface area (Å²) in [6.07, 6.45) is 5.41. The number of nitriles is 1. The summed E-state index contributed by atoms with van der Waals surface area (Å²) in [5, 5.41) is 15.4. The highest BCUT2D eigenvalue weighted by molar-refractivity contribution is 7.99. The lowest BCUT2D eigenvalue weighted by Gasteiger charge is -2.13. The number of carbonyl (C=O) groups is 1. The zero-order valence-corrected chi connectivity index (χ0v) is 12.4. The molecule has 0 aliphatic heterocycles. The van der Waals surface area contributed by atoms with Crippen molar-refractivity contribution >= 4 is 17.8 Å². The fourth-order valence-electron chi connectivity index (χ4n) is 2.45. The lowest BCUT2D eigenvalue weighted by Crippen LogP contribution is -2.40. The Morgan fingerprint density at radius 2 is 2.35 bits per heavy atom. The molecule has 0 radical (unpaired) electrons. The molecule has 2 atom stereocenters. The number of amides is 2. The molecule has 1 aromatic rings. The maximum Gasteiger partial charge on any atom is 0.315 e. The van der Waals surface area contributed by atoms with Gasteiger partial charge in [-0.1, -0.05) is 12.1 Å². The first-order valence-corrected chi connectivity index (χ1v) is 8.06. The Bertz CT molecular complexity index is 512. The van der Waals surface area contributed by atoms with Gasteiger partial charge in [0.1, 0.15) is 0 Å². The number of urea groups is 1. The molecule has 1 saturated carbocycles. The van der Waals surface area contributed by atoms with Crippen LogP contribution in [0.3, 0.4) is 0 Å².